The zero-order chi connectivity index (χ0) is 11.7. The lowest BCUT2D eigenvalue weighted by Crippen LogP contribution is -2.57. The minimum Gasteiger partial charge on any atom is -0.467 e. The number of rotatable bonds is 2. The largest absolute Gasteiger partial charge is 0.467 e. The lowest BCUT2D eigenvalue weighted by molar-refractivity contribution is -0.146. The number of carbonyl (C=O) groups excluding carboxylic acids is 2. The number of amides is 2. The van der Waals surface area contributed by atoms with E-state index < -0.39 is 6.04 Å². The summed E-state index contributed by atoms with van der Waals surface area (Å²) in [7, 11) is 0. The average Bonchev–Trinajstić information content (AvgIpc) is 2.75. The van der Waals surface area contributed by atoms with E-state index in [4.69, 9.17) is 4.42 Å². The summed E-state index contributed by atoms with van der Waals surface area (Å²) in [6.45, 7) is 3.62. The Balaban J connectivity index is 2.19. The van der Waals surface area contributed by atoms with Crippen LogP contribution in [-0.2, 0) is 9.59 Å². The predicted octanol–water partition coefficient (Wildman–Crippen LogP) is 0.687. The van der Waals surface area contributed by atoms with Gasteiger partial charge < -0.3 is 14.6 Å². The van der Waals surface area contributed by atoms with Crippen molar-refractivity contribution in [2.24, 2.45) is 0 Å². The van der Waals surface area contributed by atoms with E-state index in [2.05, 4.69) is 5.32 Å². The molecule has 1 aliphatic heterocycles. The van der Waals surface area contributed by atoms with Gasteiger partial charge in [0, 0.05) is 0 Å². The Bertz CT molecular complexity index is 399. The van der Waals surface area contributed by atoms with E-state index in [9.17, 15) is 9.59 Å². The summed E-state index contributed by atoms with van der Waals surface area (Å²) in [6, 6.07) is 2.90. The highest BCUT2D eigenvalue weighted by atomic mass is 16.3. The summed E-state index contributed by atoms with van der Waals surface area (Å²) in [6.07, 6.45) is 1.56. The predicted molar refractivity (Wildman–Crippen MR) is 56.4 cm³/mol. The van der Waals surface area contributed by atoms with E-state index in [1.165, 1.54) is 4.90 Å². The maximum Gasteiger partial charge on any atom is 0.245 e. The number of hydrogen-bond donors (Lipinski definition) is 1. The van der Waals surface area contributed by atoms with Crippen molar-refractivity contribution in [2.45, 2.75) is 25.9 Å². The first kappa shape index (κ1) is 10.7. The van der Waals surface area contributed by atoms with Crippen LogP contribution in [-0.4, -0.2) is 29.3 Å². The molecule has 0 radical (unpaired) electrons. The Labute approximate surface area is 93.4 Å². The van der Waals surface area contributed by atoms with Gasteiger partial charge in [-0.1, -0.05) is 0 Å². The zero-order valence-corrected chi connectivity index (χ0v) is 9.27. The minimum atomic E-state index is -0.460. The molecule has 16 heavy (non-hydrogen) atoms. The number of nitrogens with zero attached hydrogens (tertiary/aromatic N) is 1. The molecule has 2 amide bonds. The Hall–Kier alpha value is -1.78. The van der Waals surface area contributed by atoms with Crippen LogP contribution in [0.5, 0.6) is 0 Å². The van der Waals surface area contributed by atoms with Crippen molar-refractivity contribution in [1.82, 2.24) is 10.2 Å². The summed E-state index contributed by atoms with van der Waals surface area (Å²) >= 11 is 0. The van der Waals surface area contributed by atoms with E-state index in [0.717, 1.165) is 0 Å². The Morgan fingerprint density at radius 2 is 2.31 bits per heavy atom. The van der Waals surface area contributed by atoms with Gasteiger partial charge >= 0.3 is 0 Å². The van der Waals surface area contributed by atoms with Crippen molar-refractivity contribution in [3.05, 3.63) is 24.2 Å². The van der Waals surface area contributed by atoms with Crippen LogP contribution < -0.4 is 5.32 Å². The third kappa shape index (κ3) is 1.80. The van der Waals surface area contributed by atoms with Crippen LogP contribution >= 0.6 is 0 Å². The molecule has 1 fully saturated rings. The van der Waals surface area contributed by atoms with Crippen molar-refractivity contribution in [3.63, 3.8) is 0 Å². The highest BCUT2D eigenvalue weighted by molar-refractivity contribution is 5.94. The molecule has 2 atom stereocenters. The van der Waals surface area contributed by atoms with Gasteiger partial charge in [0.05, 0.1) is 12.3 Å². The Morgan fingerprint density at radius 1 is 1.56 bits per heavy atom. The van der Waals surface area contributed by atoms with E-state index in [1.54, 1.807) is 25.3 Å². The van der Waals surface area contributed by atoms with Gasteiger partial charge in [-0.25, -0.2) is 0 Å². The van der Waals surface area contributed by atoms with Gasteiger partial charge in [-0.2, -0.15) is 0 Å². The molecule has 5 heteroatoms. The van der Waals surface area contributed by atoms with Crippen LogP contribution in [0.15, 0.2) is 22.8 Å². The molecule has 0 spiro atoms. The second kappa shape index (κ2) is 4.00. The van der Waals surface area contributed by atoms with Crippen LogP contribution in [0.3, 0.4) is 0 Å². The van der Waals surface area contributed by atoms with Crippen LogP contribution in [0, 0.1) is 0 Å². The smallest absolute Gasteiger partial charge is 0.245 e. The van der Waals surface area contributed by atoms with Crippen molar-refractivity contribution in [1.29, 1.82) is 0 Å². The summed E-state index contributed by atoms with van der Waals surface area (Å²) < 4.78 is 5.24. The highest BCUT2D eigenvalue weighted by Gasteiger charge is 2.33. The molecule has 0 bridgehead atoms. The summed E-state index contributed by atoms with van der Waals surface area (Å²) in [5.41, 5.74) is 0. The summed E-state index contributed by atoms with van der Waals surface area (Å²) in [4.78, 5) is 24.8. The van der Waals surface area contributed by atoms with Gasteiger partial charge in [-0.05, 0) is 26.0 Å². The fourth-order valence-corrected chi connectivity index (χ4v) is 1.84. The Morgan fingerprint density at radius 3 is 2.94 bits per heavy atom. The summed E-state index contributed by atoms with van der Waals surface area (Å²) in [5.74, 6) is 0.476. The number of nitrogens with one attached hydrogen (secondary N) is 1. The number of carbonyl (C=O) groups is 2. The van der Waals surface area contributed by atoms with Crippen LogP contribution in [0.4, 0.5) is 0 Å². The molecule has 1 saturated heterocycles. The lowest BCUT2D eigenvalue weighted by Gasteiger charge is -2.34. The standard InChI is InChI=1S/C11H14N2O3/c1-7-11(15)13(6-10(14)12-7)8(2)9-4-3-5-16-9/h3-5,7-8H,6H2,1-2H3,(H,12,14). The molecule has 5 nitrogen and oxygen atoms in total. The SMILES string of the molecule is CC1NC(=O)CN(C(C)c2ccco2)C1=O. The first-order chi connectivity index (χ1) is 7.59. The van der Waals surface area contributed by atoms with Crippen molar-refractivity contribution in [2.75, 3.05) is 6.54 Å². The van der Waals surface area contributed by atoms with Gasteiger partial charge in [-0.3, -0.25) is 9.59 Å². The third-order valence-corrected chi connectivity index (χ3v) is 2.77. The summed E-state index contributed by atoms with van der Waals surface area (Å²) in [5, 5.41) is 2.60. The maximum atomic E-state index is 11.9. The van der Waals surface area contributed by atoms with E-state index in [-0.39, 0.29) is 24.4 Å². The van der Waals surface area contributed by atoms with Crippen LogP contribution in [0.2, 0.25) is 0 Å². The van der Waals surface area contributed by atoms with Gasteiger partial charge in [0.1, 0.15) is 18.3 Å². The highest BCUT2D eigenvalue weighted by Crippen LogP contribution is 2.22. The molecule has 0 aromatic carbocycles. The molecule has 86 valence electrons. The monoisotopic (exact) mass is 222 g/mol. The molecular weight excluding hydrogens is 208 g/mol. The lowest BCUT2D eigenvalue weighted by atomic mass is 10.1. The van der Waals surface area contributed by atoms with Crippen molar-refractivity contribution >= 4 is 11.8 Å². The minimum absolute atomic E-state index is 0.0801. The molecule has 0 saturated carbocycles. The average molecular weight is 222 g/mol. The molecule has 1 aromatic rings. The fraction of sp³-hybridized carbons (Fsp3) is 0.455. The topological polar surface area (TPSA) is 62.6 Å². The van der Waals surface area contributed by atoms with Gasteiger partial charge in [0.2, 0.25) is 11.8 Å². The third-order valence-electron chi connectivity index (χ3n) is 2.77. The molecule has 0 aliphatic carbocycles. The first-order valence-electron chi connectivity index (χ1n) is 5.23. The molecule has 1 aliphatic rings. The van der Waals surface area contributed by atoms with E-state index in [0.29, 0.717) is 5.76 Å². The van der Waals surface area contributed by atoms with Crippen LogP contribution in [0.1, 0.15) is 25.6 Å². The van der Waals surface area contributed by atoms with Gasteiger partial charge in [-0.15, -0.1) is 0 Å². The molecule has 2 heterocycles. The van der Waals surface area contributed by atoms with Gasteiger partial charge in [0.15, 0.2) is 0 Å². The molecule has 2 rings (SSSR count). The normalized spacial score (nSPS) is 23.1. The molecule has 1 aromatic heterocycles. The second-order valence-electron chi connectivity index (χ2n) is 3.95. The molecular formula is C11H14N2O3. The van der Waals surface area contributed by atoms with Crippen LogP contribution in [0.25, 0.3) is 0 Å². The number of furan rings is 1. The second-order valence-corrected chi connectivity index (χ2v) is 3.95. The Kier molecular flexibility index (Phi) is 2.68. The van der Waals surface area contributed by atoms with Crippen molar-refractivity contribution in [3.8, 4) is 0 Å². The van der Waals surface area contributed by atoms with E-state index >= 15 is 0 Å². The quantitative estimate of drug-likeness (QED) is 0.800. The number of hydrogen-bond acceptors (Lipinski definition) is 3. The molecule has 1 N–H and O–H groups in total. The fourth-order valence-electron chi connectivity index (χ4n) is 1.84. The van der Waals surface area contributed by atoms with Crippen molar-refractivity contribution < 1.29 is 14.0 Å². The zero-order valence-electron chi connectivity index (χ0n) is 9.27. The van der Waals surface area contributed by atoms with Gasteiger partial charge in [0.25, 0.3) is 0 Å². The number of piperazine rings is 1. The van der Waals surface area contributed by atoms with E-state index in [1.807, 2.05) is 6.92 Å². The molecule has 2 unspecified atom stereocenters. The maximum absolute atomic E-state index is 11.9. The first-order valence-corrected chi connectivity index (χ1v) is 5.23.